The molecule has 0 bridgehead atoms. The van der Waals surface area contributed by atoms with Gasteiger partial charge in [0.05, 0.1) is 6.54 Å². The van der Waals surface area contributed by atoms with E-state index in [2.05, 4.69) is 15.6 Å². The summed E-state index contributed by atoms with van der Waals surface area (Å²) in [5, 5.41) is 6.27. The Bertz CT molecular complexity index is 401. The van der Waals surface area contributed by atoms with Gasteiger partial charge >= 0.3 is 0 Å². The van der Waals surface area contributed by atoms with Gasteiger partial charge in [0.2, 0.25) is 0 Å². The summed E-state index contributed by atoms with van der Waals surface area (Å²) in [5.74, 6) is 0.991. The van der Waals surface area contributed by atoms with Gasteiger partial charge in [0.25, 0.3) is 0 Å². The van der Waals surface area contributed by atoms with Crippen molar-refractivity contribution in [2.45, 2.75) is 26.9 Å². The molecule has 0 radical (unpaired) electrons. The van der Waals surface area contributed by atoms with Crippen LogP contribution in [0.5, 0.6) is 5.75 Å². The molecule has 0 aromatic heterocycles. The van der Waals surface area contributed by atoms with Crippen molar-refractivity contribution >= 4 is 5.96 Å². The Hall–Kier alpha value is -1.78. The lowest BCUT2D eigenvalue weighted by atomic mass is 10.3. The van der Waals surface area contributed by atoms with E-state index in [9.17, 15) is 4.39 Å². The Morgan fingerprint density at radius 1 is 1.32 bits per heavy atom. The third-order valence-electron chi connectivity index (χ3n) is 2.33. The summed E-state index contributed by atoms with van der Waals surface area (Å²) in [4.78, 5) is 4.40. The van der Waals surface area contributed by atoms with Crippen LogP contribution in [0, 0.1) is 5.82 Å². The molecule has 0 aliphatic carbocycles. The molecule has 1 aromatic rings. The molecule has 5 heteroatoms. The third-order valence-corrected chi connectivity index (χ3v) is 2.33. The number of rotatable bonds is 6. The molecule has 4 nitrogen and oxygen atoms in total. The van der Waals surface area contributed by atoms with Crippen LogP contribution in [0.15, 0.2) is 29.3 Å². The largest absolute Gasteiger partial charge is 0.489 e. The third kappa shape index (κ3) is 6.08. The Balaban J connectivity index is 2.49. The first-order chi connectivity index (χ1) is 9.15. The summed E-state index contributed by atoms with van der Waals surface area (Å²) in [7, 11) is 0. The molecule has 0 heterocycles. The lowest BCUT2D eigenvalue weighted by Gasteiger charge is -2.14. The molecule has 0 aliphatic rings. The maximum Gasteiger partial charge on any atom is 0.191 e. The minimum Gasteiger partial charge on any atom is -0.489 e. The van der Waals surface area contributed by atoms with Gasteiger partial charge in [0.15, 0.2) is 5.96 Å². The fourth-order valence-corrected chi connectivity index (χ4v) is 1.54. The molecule has 0 spiro atoms. The van der Waals surface area contributed by atoms with Crippen molar-refractivity contribution in [2.75, 3.05) is 19.6 Å². The van der Waals surface area contributed by atoms with E-state index in [4.69, 9.17) is 4.74 Å². The second-order valence-electron chi connectivity index (χ2n) is 4.14. The minimum atomic E-state index is -0.297. The predicted molar refractivity (Wildman–Crippen MR) is 76.1 cm³/mol. The Morgan fingerprint density at radius 2 is 2.00 bits per heavy atom. The van der Waals surface area contributed by atoms with Crippen molar-refractivity contribution < 1.29 is 9.13 Å². The van der Waals surface area contributed by atoms with Gasteiger partial charge in [-0.15, -0.1) is 0 Å². The zero-order valence-corrected chi connectivity index (χ0v) is 11.7. The number of aliphatic imine (C=N–C) groups is 1. The van der Waals surface area contributed by atoms with Crippen LogP contribution in [0.25, 0.3) is 0 Å². The molecule has 0 aliphatic heterocycles. The van der Waals surface area contributed by atoms with E-state index in [1.165, 1.54) is 12.1 Å². The number of guanidine groups is 1. The number of hydrogen-bond donors (Lipinski definition) is 2. The van der Waals surface area contributed by atoms with Gasteiger partial charge in [0, 0.05) is 19.2 Å². The number of benzene rings is 1. The molecule has 0 fully saturated rings. The maximum atomic E-state index is 13.0. The number of nitrogens with one attached hydrogen (secondary N) is 2. The van der Waals surface area contributed by atoms with Gasteiger partial charge in [-0.3, -0.25) is 0 Å². The van der Waals surface area contributed by atoms with Crippen LogP contribution in [0.4, 0.5) is 4.39 Å². The minimum absolute atomic E-state index is 0.117. The number of hydrogen-bond acceptors (Lipinski definition) is 2. The number of ether oxygens (including phenoxy) is 1. The molecule has 1 unspecified atom stereocenters. The molecule has 0 amide bonds. The zero-order valence-electron chi connectivity index (χ0n) is 11.7. The summed E-state index contributed by atoms with van der Waals surface area (Å²) in [6, 6.07) is 6.13. The van der Waals surface area contributed by atoms with Gasteiger partial charge in [0.1, 0.15) is 17.7 Å². The van der Waals surface area contributed by atoms with Crippen LogP contribution in [-0.2, 0) is 0 Å². The van der Waals surface area contributed by atoms with E-state index < -0.39 is 0 Å². The summed E-state index contributed by atoms with van der Waals surface area (Å²) in [5.41, 5.74) is 0. The summed E-state index contributed by atoms with van der Waals surface area (Å²) in [6.45, 7) is 8.06. The van der Waals surface area contributed by atoms with Crippen molar-refractivity contribution in [2.24, 2.45) is 4.99 Å². The van der Waals surface area contributed by atoms with E-state index in [0.29, 0.717) is 12.3 Å². The second kappa shape index (κ2) is 8.34. The molecule has 0 saturated heterocycles. The summed E-state index contributed by atoms with van der Waals surface area (Å²) in [6.07, 6.45) is -0.117. The molecular weight excluding hydrogens is 245 g/mol. The van der Waals surface area contributed by atoms with Crippen LogP contribution in [0.2, 0.25) is 0 Å². The van der Waals surface area contributed by atoms with Crippen molar-refractivity contribution in [3.63, 3.8) is 0 Å². The first-order valence-electron chi connectivity index (χ1n) is 6.60. The Morgan fingerprint density at radius 3 is 2.58 bits per heavy atom. The zero-order chi connectivity index (χ0) is 14.1. The highest BCUT2D eigenvalue weighted by atomic mass is 19.1. The highest BCUT2D eigenvalue weighted by Gasteiger charge is 2.05. The maximum absolute atomic E-state index is 13.0. The standard InChI is InChI=1S/C14H22FN3O/c1-4-16-14(17-5-2)18-10-11(3)19-13-8-6-7-12(15)9-13/h6-9,11H,4-5,10H2,1-3H3,(H2,16,17,18). The van der Waals surface area contributed by atoms with Crippen molar-refractivity contribution in [1.29, 1.82) is 0 Å². The van der Waals surface area contributed by atoms with E-state index in [1.54, 1.807) is 12.1 Å². The van der Waals surface area contributed by atoms with E-state index in [0.717, 1.165) is 19.0 Å². The van der Waals surface area contributed by atoms with Crippen LogP contribution in [-0.4, -0.2) is 31.7 Å². The number of halogens is 1. The van der Waals surface area contributed by atoms with E-state index >= 15 is 0 Å². The molecule has 1 atom stereocenters. The topological polar surface area (TPSA) is 45.7 Å². The monoisotopic (exact) mass is 267 g/mol. The van der Waals surface area contributed by atoms with Crippen LogP contribution < -0.4 is 15.4 Å². The molecule has 19 heavy (non-hydrogen) atoms. The summed E-state index contributed by atoms with van der Waals surface area (Å²) >= 11 is 0. The van der Waals surface area contributed by atoms with E-state index in [1.807, 2.05) is 20.8 Å². The first-order valence-corrected chi connectivity index (χ1v) is 6.60. The normalized spacial score (nSPS) is 11.6. The summed E-state index contributed by atoms with van der Waals surface area (Å²) < 4.78 is 18.6. The molecular formula is C14H22FN3O. The van der Waals surface area contributed by atoms with Gasteiger partial charge in [-0.05, 0) is 32.9 Å². The average molecular weight is 267 g/mol. The molecule has 1 aromatic carbocycles. The second-order valence-corrected chi connectivity index (χ2v) is 4.14. The Kier molecular flexibility index (Phi) is 6.71. The van der Waals surface area contributed by atoms with Crippen molar-refractivity contribution in [1.82, 2.24) is 10.6 Å². The highest BCUT2D eigenvalue weighted by molar-refractivity contribution is 5.79. The quantitative estimate of drug-likeness (QED) is 0.613. The van der Waals surface area contributed by atoms with Crippen LogP contribution in [0.3, 0.4) is 0 Å². The average Bonchev–Trinajstić information content (AvgIpc) is 2.36. The molecule has 0 saturated carbocycles. The van der Waals surface area contributed by atoms with E-state index in [-0.39, 0.29) is 11.9 Å². The van der Waals surface area contributed by atoms with Gasteiger partial charge in [-0.1, -0.05) is 6.07 Å². The van der Waals surface area contributed by atoms with Gasteiger partial charge in [-0.25, -0.2) is 9.38 Å². The number of nitrogens with zero attached hydrogens (tertiary/aromatic N) is 1. The van der Waals surface area contributed by atoms with Crippen molar-refractivity contribution in [3.8, 4) is 5.75 Å². The SMILES string of the molecule is CCNC(=NCC(C)Oc1cccc(F)c1)NCC. The van der Waals surface area contributed by atoms with Gasteiger partial charge in [-0.2, -0.15) is 0 Å². The molecule has 1 rings (SSSR count). The van der Waals surface area contributed by atoms with Crippen molar-refractivity contribution in [3.05, 3.63) is 30.1 Å². The molecule has 2 N–H and O–H groups in total. The lowest BCUT2D eigenvalue weighted by Crippen LogP contribution is -2.37. The van der Waals surface area contributed by atoms with Crippen LogP contribution >= 0.6 is 0 Å². The Labute approximate surface area is 114 Å². The highest BCUT2D eigenvalue weighted by Crippen LogP contribution is 2.13. The smallest absolute Gasteiger partial charge is 0.191 e. The fraction of sp³-hybridized carbons (Fsp3) is 0.500. The first kappa shape index (κ1) is 15.3. The lowest BCUT2D eigenvalue weighted by molar-refractivity contribution is 0.229. The predicted octanol–water partition coefficient (Wildman–Crippen LogP) is 2.17. The van der Waals surface area contributed by atoms with Gasteiger partial charge < -0.3 is 15.4 Å². The molecule has 106 valence electrons. The fourth-order valence-electron chi connectivity index (χ4n) is 1.54. The van der Waals surface area contributed by atoms with Crippen LogP contribution in [0.1, 0.15) is 20.8 Å².